The zero-order valence-corrected chi connectivity index (χ0v) is 31.3. The second-order valence-corrected chi connectivity index (χ2v) is 15.9. The topological polar surface area (TPSA) is 175 Å². The van der Waals surface area contributed by atoms with Crippen molar-refractivity contribution in [1.29, 1.82) is 0 Å². The van der Waals surface area contributed by atoms with Crippen LogP contribution in [0.2, 0.25) is 0 Å². The Bertz CT molecular complexity index is 2430. The monoisotopic (exact) mass is 806 g/mol. The van der Waals surface area contributed by atoms with Crippen LogP contribution in [0.1, 0.15) is 41.1 Å². The van der Waals surface area contributed by atoms with Crippen molar-refractivity contribution in [1.82, 2.24) is 14.8 Å². The van der Waals surface area contributed by atoms with Crippen LogP contribution in [0.4, 0.5) is 39.5 Å². The molecule has 1 aliphatic heterocycles. The Hall–Kier alpha value is -6.23. The number of alkyl halides is 3. The number of likely N-dealkylation sites (N-methyl/N-ethyl adjacent to an activating group) is 1. The third kappa shape index (κ3) is 9.60. The summed E-state index contributed by atoms with van der Waals surface area (Å²) in [5.41, 5.74) is 9.83. The minimum Gasteiger partial charge on any atom is -0.475 e. The first-order valence-corrected chi connectivity index (χ1v) is 19.3. The molecule has 1 saturated carbocycles. The van der Waals surface area contributed by atoms with Crippen molar-refractivity contribution in [3.05, 3.63) is 125 Å². The molecule has 1 fully saturated rings. The van der Waals surface area contributed by atoms with Gasteiger partial charge in [-0.25, -0.2) is 27.4 Å². The second-order valence-electron chi connectivity index (χ2n) is 13.7. The summed E-state index contributed by atoms with van der Waals surface area (Å²) in [4.78, 5) is 44.3. The van der Waals surface area contributed by atoms with Crippen molar-refractivity contribution < 1.29 is 45.5 Å². The first-order chi connectivity index (χ1) is 27.0. The predicted molar refractivity (Wildman–Crippen MR) is 205 cm³/mol. The smallest absolute Gasteiger partial charge is 0.475 e. The van der Waals surface area contributed by atoms with E-state index in [2.05, 4.69) is 15.6 Å². The van der Waals surface area contributed by atoms with Crippen molar-refractivity contribution in [2.45, 2.75) is 54.7 Å². The third-order valence-electron chi connectivity index (χ3n) is 9.49. The molecule has 3 amide bonds. The van der Waals surface area contributed by atoms with Crippen molar-refractivity contribution in [3.63, 3.8) is 0 Å². The highest BCUT2D eigenvalue weighted by Crippen LogP contribution is 2.37. The molecule has 298 valence electrons. The van der Waals surface area contributed by atoms with Gasteiger partial charge in [-0.05, 0) is 77.9 Å². The molecule has 4 aromatic carbocycles. The van der Waals surface area contributed by atoms with Gasteiger partial charge in [0.25, 0.3) is 0 Å². The zero-order chi connectivity index (χ0) is 41.1. The molecule has 17 heteroatoms. The van der Waals surface area contributed by atoms with Crippen LogP contribution in [0.3, 0.4) is 0 Å². The highest BCUT2D eigenvalue weighted by molar-refractivity contribution is 7.92. The quantitative estimate of drug-likeness (QED) is 0.133. The van der Waals surface area contributed by atoms with Crippen molar-refractivity contribution in [2.75, 3.05) is 30.0 Å². The van der Waals surface area contributed by atoms with E-state index >= 15 is 0 Å². The molecule has 1 atom stereocenters. The fourth-order valence-corrected chi connectivity index (χ4v) is 8.26. The zero-order valence-electron chi connectivity index (χ0n) is 30.5. The maximum absolute atomic E-state index is 14.8. The molecule has 7 rings (SSSR count). The van der Waals surface area contributed by atoms with E-state index in [-0.39, 0.29) is 34.6 Å². The van der Waals surface area contributed by atoms with E-state index in [1.54, 1.807) is 42.3 Å². The third-order valence-corrected chi connectivity index (χ3v) is 11.9. The number of aromatic nitrogens is 1. The molecule has 0 unspecified atom stereocenters. The Kier molecular flexibility index (Phi) is 11.7. The number of nitrogens with one attached hydrogen (secondary N) is 2. The van der Waals surface area contributed by atoms with Crippen LogP contribution in [-0.2, 0) is 38.9 Å². The number of carboxylic acids is 1. The van der Waals surface area contributed by atoms with Gasteiger partial charge in [0.15, 0.2) is 9.84 Å². The summed E-state index contributed by atoms with van der Waals surface area (Å²) in [7, 11) is -2.03. The molecule has 5 N–H and O–H groups in total. The number of carbonyl (C=O) groups excluding carboxylic acids is 2. The largest absolute Gasteiger partial charge is 0.490 e. The molecular weight excluding hydrogens is 769 g/mol. The number of rotatable bonds is 6. The predicted octanol–water partition coefficient (Wildman–Crippen LogP) is 6.93. The number of sulfone groups is 1. The molecule has 0 saturated heterocycles. The first kappa shape index (κ1) is 40.4. The normalized spacial score (nSPS) is 16.5. The van der Waals surface area contributed by atoms with E-state index < -0.39 is 39.1 Å². The summed E-state index contributed by atoms with van der Waals surface area (Å²) < 4.78 is 73.7. The summed E-state index contributed by atoms with van der Waals surface area (Å²) >= 11 is 0. The van der Waals surface area contributed by atoms with Crippen LogP contribution >= 0.6 is 0 Å². The number of aliphatic carboxylic acids is 1. The Labute approximate surface area is 325 Å². The second kappa shape index (κ2) is 16.5. The van der Waals surface area contributed by atoms with Gasteiger partial charge in [-0.1, -0.05) is 54.6 Å². The van der Waals surface area contributed by atoms with Gasteiger partial charge in [0, 0.05) is 48.8 Å². The van der Waals surface area contributed by atoms with E-state index in [1.807, 2.05) is 54.6 Å². The highest BCUT2D eigenvalue weighted by Gasteiger charge is 2.39. The van der Waals surface area contributed by atoms with E-state index in [1.165, 1.54) is 11.0 Å². The van der Waals surface area contributed by atoms with E-state index in [0.29, 0.717) is 60.2 Å². The summed E-state index contributed by atoms with van der Waals surface area (Å²) in [6.45, 7) is 0.692. The van der Waals surface area contributed by atoms with Gasteiger partial charge in [0.05, 0.1) is 16.3 Å². The summed E-state index contributed by atoms with van der Waals surface area (Å²) in [5.74, 6) is -3.44. The summed E-state index contributed by atoms with van der Waals surface area (Å²) in [6.07, 6.45) is -2.35. The molecule has 2 aliphatic rings. The number of urea groups is 1. The van der Waals surface area contributed by atoms with Crippen LogP contribution < -0.4 is 16.4 Å². The van der Waals surface area contributed by atoms with Gasteiger partial charge in [-0.15, -0.1) is 0 Å². The van der Waals surface area contributed by atoms with E-state index in [9.17, 15) is 35.6 Å². The number of anilines is 3. The minimum absolute atomic E-state index is 0.0377. The van der Waals surface area contributed by atoms with Gasteiger partial charge >= 0.3 is 18.2 Å². The Morgan fingerprint density at radius 2 is 1.70 bits per heavy atom. The maximum Gasteiger partial charge on any atom is 0.490 e. The highest BCUT2D eigenvalue weighted by atomic mass is 32.2. The minimum atomic E-state index is -5.08. The number of amides is 3. The summed E-state index contributed by atoms with van der Waals surface area (Å²) in [6, 6.07) is 25.8. The number of hydrogen-bond donors (Lipinski definition) is 4. The molecule has 1 aliphatic carbocycles. The fraction of sp³-hybridized carbons (Fsp3) is 0.250. The lowest BCUT2D eigenvalue weighted by molar-refractivity contribution is -0.192. The number of halogens is 4. The lowest BCUT2D eigenvalue weighted by atomic mass is 10.00. The van der Waals surface area contributed by atoms with E-state index in [4.69, 9.17) is 15.6 Å². The van der Waals surface area contributed by atoms with Crippen molar-refractivity contribution in [2.24, 2.45) is 0 Å². The van der Waals surface area contributed by atoms with Crippen molar-refractivity contribution >= 4 is 55.7 Å². The molecule has 5 aromatic rings. The number of fused-ring (bicyclic) bond motifs is 5. The number of nitrogens with two attached hydrogens (primary N) is 1. The standard InChI is InChI=1S/C38H37FN6O4S.C2HF3O2/c1-44-23-27-19-28(11-15-34(27)50(48,49)30-12-13-30)43-38(47)45(22-25-6-3-2-4-7-25)17-16-24-8-5-9-26(18-24)35(37(44)46)42-29-10-14-31-32(20-29)33(39)21-41-36(31)40;3-2(4,5)1(6)7/h2-11,14-15,18-21,30,35,42H,12-13,16-17,22-23H2,1H3,(H2,40,41)(H,43,47);(H,6,7)/t35-;/m1./s1. The average molecular weight is 807 g/mol. The van der Waals surface area contributed by atoms with E-state index in [0.717, 1.165) is 17.3 Å². The van der Waals surface area contributed by atoms with Crippen LogP contribution in [0.15, 0.2) is 102 Å². The van der Waals surface area contributed by atoms with Gasteiger partial charge in [0.2, 0.25) is 5.91 Å². The Morgan fingerprint density at radius 3 is 2.39 bits per heavy atom. The SMILES string of the molecule is CN1Cc2cc(ccc2S(=O)(=O)C2CC2)NC(=O)N(Cc2ccccc2)CCc2cccc(c2)[C@@H](Nc2ccc3c(N)ncc(F)c3c2)C1=O.O=C(O)C(F)(F)F. The van der Waals surface area contributed by atoms with Gasteiger partial charge in [-0.2, -0.15) is 13.2 Å². The number of benzene rings is 4. The van der Waals surface area contributed by atoms with Crippen LogP contribution in [0, 0.1) is 5.82 Å². The van der Waals surface area contributed by atoms with Gasteiger partial charge < -0.3 is 31.3 Å². The summed E-state index contributed by atoms with van der Waals surface area (Å²) in [5, 5.41) is 13.7. The number of nitrogen functional groups attached to an aromatic ring is 1. The average Bonchev–Trinajstić information content (AvgIpc) is 4.04. The molecular formula is C40H38F4N6O6S. The first-order valence-electron chi connectivity index (χ1n) is 17.7. The van der Waals surface area contributed by atoms with Crippen LogP contribution in [0.25, 0.3) is 10.8 Å². The molecule has 0 spiro atoms. The lowest BCUT2D eigenvalue weighted by Crippen LogP contribution is -2.36. The molecule has 57 heavy (non-hydrogen) atoms. The molecule has 0 radical (unpaired) electrons. The molecule has 2 heterocycles. The fourth-order valence-electron chi connectivity index (χ4n) is 6.40. The number of nitrogens with zero attached hydrogens (tertiary/aromatic N) is 3. The van der Waals surface area contributed by atoms with Gasteiger partial charge in [-0.3, -0.25) is 4.79 Å². The number of pyridine rings is 1. The van der Waals surface area contributed by atoms with Crippen molar-refractivity contribution in [3.8, 4) is 0 Å². The molecule has 12 nitrogen and oxygen atoms in total. The number of carbonyl (C=O) groups is 3. The molecule has 1 aromatic heterocycles. The Balaban J connectivity index is 0.000000719. The lowest BCUT2D eigenvalue weighted by Gasteiger charge is -2.27. The maximum atomic E-state index is 14.8. The van der Waals surface area contributed by atoms with Crippen LogP contribution in [0.5, 0.6) is 0 Å². The van der Waals surface area contributed by atoms with Gasteiger partial charge in [0.1, 0.15) is 17.7 Å². The molecule has 4 bridgehead atoms. The number of hydrogen-bond acceptors (Lipinski definition) is 8. The Morgan fingerprint density at radius 1 is 0.982 bits per heavy atom. The van der Waals surface area contributed by atoms with Crippen LogP contribution in [-0.4, -0.2) is 71.2 Å². The number of carboxylic acid groups (broad SMARTS) is 1.